The third-order valence-electron chi connectivity index (χ3n) is 4.00. The quantitative estimate of drug-likeness (QED) is 0.493. The molecule has 0 spiro atoms. The first-order valence-corrected chi connectivity index (χ1v) is 8.26. The number of nitrogens with zero attached hydrogens (tertiary/aromatic N) is 5. The zero-order valence-corrected chi connectivity index (χ0v) is 14.6. The van der Waals surface area contributed by atoms with Crippen LogP contribution in [-0.2, 0) is 6.42 Å². The molecule has 0 fully saturated rings. The van der Waals surface area contributed by atoms with Gasteiger partial charge in [-0.05, 0) is 25.1 Å². The summed E-state index contributed by atoms with van der Waals surface area (Å²) in [4.78, 5) is 20.6. The van der Waals surface area contributed by atoms with E-state index in [-0.39, 0.29) is 35.0 Å². The molecule has 0 aromatic carbocycles. The largest absolute Gasteiger partial charge is 0.454 e. The van der Waals surface area contributed by atoms with E-state index in [0.717, 1.165) is 6.20 Å². The average molecular weight is 381 g/mol. The lowest BCUT2D eigenvalue weighted by atomic mass is 10.1. The molecule has 4 rings (SSSR count). The molecule has 140 valence electrons. The Morgan fingerprint density at radius 3 is 2.82 bits per heavy atom. The normalized spacial score (nSPS) is 11.0. The number of halogens is 2. The van der Waals surface area contributed by atoms with E-state index in [2.05, 4.69) is 20.2 Å². The molecule has 0 aliphatic rings. The van der Waals surface area contributed by atoms with Crippen LogP contribution in [0.5, 0.6) is 11.5 Å². The Labute approximate surface area is 157 Å². The minimum absolute atomic E-state index is 0.0470. The Kier molecular flexibility index (Phi) is 4.48. The Morgan fingerprint density at radius 1 is 1.18 bits per heavy atom. The Balaban J connectivity index is 1.68. The summed E-state index contributed by atoms with van der Waals surface area (Å²) >= 11 is 0. The molecule has 0 radical (unpaired) electrons. The van der Waals surface area contributed by atoms with Crippen LogP contribution >= 0.6 is 0 Å². The zero-order valence-electron chi connectivity index (χ0n) is 14.6. The standard InChI is InChI=1S/C19H13F2N5O2/c1-11-17(21)3-2-13(24-11)5-18(27)16-6-15(9-26-10-23-25-19(16)26)28-14-4-12(20)7-22-8-14/h2-4,6-10H,5H2,1H3. The number of fused-ring (bicyclic) bond motifs is 1. The van der Waals surface area contributed by atoms with Crippen molar-refractivity contribution in [2.75, 3.05) is 0 Å². The van der Waals surface area contributed by atoms with Gasteiger partial charge in [-0.15, -0.1) is 10.2 Å². The maximum Gasteiger partial charge on any atom is 0.172 e. The highest BCUT2D eigenvalue weighted by Gasteiger charge is 2.17. The van der Waals surface area contributed by atoms with Crippen LogP contribution in [0, 0.1) is 18.6 Å². The third-order valence-corrected chi connectivity index (χ3v) is 4.00. The van der Waals surface area contributed by atoms with Crippen molar-refractivity contribution >= 4 is 11.4 Å². The van der Waals surface area contributed by atoms with Gasteiger partial charge in [0.25, 0.3) is 0 Å². The molecule has 0 amide bonds. The number of hydrogen-bond acceptors (Lipinski definition) is 6. The lowest BCUT2D eigenvalue weighted by molar-refractivity contribution is 0.0992. The summed E-state index contributed by atoms with van der Waals surface area (Å²) in [5.41, 5.74) is 1.24. The van der Waals surface area contributed by atoms with Crippen molar-refractivity contribution in [2.24, 2.45) is 0 Å². The predicted octanol–water partition coefficient (Wildman–Crippen LogP) is 3.32. The van der Waals surface area contributed by atoms with Crippen LogP contribution in [0.15, 0.2) is 49.2 Å². The molecule has 9 heteroatoms. The zero-order chi connectivity index (χ0) is 19.7. The van der Waals surface area contributed by atoms with Crippen LogP contribution < -0.4 is 4.74 Å². The third kappa shape index (κ3) is 3.54. The number of hydrogen-bond donors (Lipinski definition) is 0. The molecule has 0 aliphatic carbocycles. The number of rotatable bonds is 5. The first-order chi connectivity index (χ1) is 13.5. The molecule has 4 heterocycles. The highest BCUT2D eigenvalue weighted by molar-refractivity contribution is 6.02. The summed E-state index contributed by atoms with van der Waals surface area (Å²) < 4.78 is 33.9. The number of Topliss-reactive ketones (excluding diaryl/α,β-unsaturated/α-hetero) is 1. The van der Waals surface area contributed by atoms with Gasteiger partial charge in [0.05, 0.1) is 36.3 Å². The molecular formula is C19H13F2N5O2. The minimum Gasteiger partial charge on any atom is -0.454 e. The monoisotopic (exact) mass is 381 g/mol. The summed E-state index contributed by atoms with van der Waals surface area (Å²) in [7, 11) is 0. The van der Waals surface area contributed by atoms with E-state index in [1.807, 2.05) is 0 Å². The van der Waals surface area contributed by atoms with E-state index >= 15 is 0 Å². The van der Waals surface area contributed by atoms with Crippen molar-refractivity contribution in [3.63, 3.8) is 0 Å². The van der Waals surface area contributed by atoms with Crippen molar-refractivity contribution in [2.45, 2.75) is 13.3 Å². The molecule has 28 heavy (non-hydrogen) atoms. The topological polar surface area (TPSA) is 82.3 Å². The summed E-state index contributed by atoms with van der Waals surface area (Å²) in [6, 6.07) is 5.40. The fourth-order valence-electron chi connectivity index (χ4n) is 2.71. The van der Waals surface area contributed by atoms with Crippen LogP contribution in [0.2, 0.25) is 0 Å². The van der Waals surface area contributed by atoms with Crippen LogP contribution in [0.25, 0.3) is 5.65 Å². The van der Waals surface area contributed by atoms with Crippen LogP contribution in [0.1, 0.15) is 21.7 Å². The second-order valence-electron chi connectivity index (χ2n) is 6.06. The maximum atomic E-state index is 13.4. The molecule has 0 unspecified atom stereocenters. The van der Waals surface area contributed by atoms with Gasteiger partial charge in [-0.2, -0.15) is 0 Å². The average Bonchev–Trinajstić information content (AvgIpc) is 3.12. The first-order valence-electron chi connectivity index (χ1n) is 8.26. The smallest absolute Gasteiger partial charge is 0.172 e. The molecule has 7 nitrogen and oxygen atoms in total. The van der Waals surface area contributed by atoms with Gasteiger partial charge >= 0.3 is 0 Å². The molecule has 4 aromatic rings. The van der Waals surface area contributed by atoms with Gasteiger partial charge in [0.1, 0.15) is 29.5 Å². The van der Waals surface area contributed by atoms with Crippen LogP contribution in [0.3, 0.4) is 0 Å². The van der Waals surface area contributed by atoms with Crippen molar-refractivity contribution in [3.05, 3.63) is 77.8 Å². The summed E-state index contributed by atoms with van der Waals surface area (Å²) in [6.45, 7) is 1.53. The first kappa shape index (κ1) is 17.7. The van der Waals surface area contributed by atoms with Crippen molar-refractivity contribution < 1.29 is 18.3 Å². The summed E-state index contributed by atoms with van der Waals surface area (Å²) in [5.74, 6) is -0.806. The van der Waals surface area contributed by atoms with E-state index in [4.69, 9.17) is 4.74 Å². The molecular weight excluding hydrogens is 368 g/mol. The molecule has 0 saturated heterocycles. The van der Waals surface area contributed by atoms with E-state index in [0.29, 0.717) is 11.3 Å². The van der Waals surface area contributed by atoms with E-state index in [1.54, 1.807) is 6.20 Å². The Bertz CT molecular complexity index is 1190. The number of carbonyl (C=O) groups is 1. The van der Waals surface area contributed by atoms with E-state index < -0.39 is 11.6 Å². The number of ketones is 1. The van der Waals surface area contributed by atoms with Gasteiger partial charge in [-0.3, -0.25) is 19.2 Å². The SMILES string of the molecule is Cc1nc(CC(=O)c2cc(Oc3cncc(F)c3)cn3cnnc23)ccc1F. The Morgan fingerprint density at radius 2 is 2.04 bits per heavy atom. The number of ether oxygens (including phenoxy) is 1. The van der Waals surface area contributed by atoms with Gasteiger partial charge in [0.15, 0.2) is 11.4 Å². The lowest BCUT2D eigenvalue weighted by Gasteiger charge is -2.09. The second-order valence-corrected chi connectivity index (χ2v) is 6.06. The Hall–Kier alpha value is -3.75. The lowest BCUT2D eigenvalue weighted by Crippen LogP contribution is -2.09. The van der Waals surface area contributed by atoms with Gasteiger partial charge < -0.3 is 4.74 Å². The molecule has 0 N–H and O–H groups in total. The van der Waals surface area contributed by atoms with Crippen LogP contribution in [0.4, 0.5) is 8.78 Å². The summed E-state index contributed by atoms with van der Waals surface area (Å²) in [6.07, 6.45) is 5.35. The molecule has 0 saturated carbocycles. The van der Waals surface area contributed by atoms with Crippen molar-refractivity contribution in [1.29, 1.82) is 0 Å². The van der Waals surface area contributed by atoms with Gasteiger partial charge in [-0.1, -0.05) is 0 Å². The van der Waals surface area contributed by atoms with E-state index in [9.17, 15) is 13.6 Å². The predicted molar refractivity (Wildman–Crippen MR) is 94.2 cm³/mol. The summed E-state index contributed by atoms with van der Waals surface area (Å²) in [5, 5.41) is 7.77. The van der Waals surface area contributed by atoms with Crippen molar-refractivity contribution in [1.82, 2.24) is 24.6 Å². The van der Waals surface area contributed by atoms with Crippen molar-refractivity contribution in [3.8, 4) is 11.5 Å². The minimum atomic E-state index is -0.545. The highest BCUT2D eigenvalue weighted by Crippen LogP contribution is 2.25. The molecule has 0 atom stereocenters. The molecule has 4 aromatic heterocycles. The number of aromatic nitrogens is 5. The maximum absolute atomic E-state index is 13.4. The molecule has 0 bridgehead atoms. The number of pyridine rings is 3. The van der Waals surface area contributed by atoms with Crippen LogP contribution in [-0.4, -0.2) is 30.3 Å². The van der Waals surface area contributed by atoms with Gasteiger partial charge in [0.2, 0.25) is 0 Å². The van der Waals surface area contributed by atoms with Gasteiger partial charge in [-0.25, -0.2) is 8.78 Å². The number of aryl methyl sites for hydroxylation is 1. The molecule has 0 aliphatic heterocycles. The van der Waals surface area contributed by atoms with Gasteiger partial charge in [0, 0.05) is 11.8 Å². The fourth-order valence-corrected chi connectivity index (χ4v) is 2.71. The van der Waals surface area contributed by atoms with E-state index in [1.165, 1.54) is 48.1 Å². The highest BCUT2D eigenvalue weighted by atomic mass is 19.1. The second kappa shape index (κ2) is 7.10. The fraction of sp³-hybridized carbons (Fsp3) is 0.105. The number of carbonyl (C=O) groups excluding carboxylic acids is 1.